The molecule has 3 rings (SSSR count). The fraction of sp³-hybridized carbons (Fsp3) is 1.00. The predicted octanol–water partition coefficient (Wildman–Crippen LogP) is 0.727. The molecule has 9 nitrogen and oxygen atoms in total. The van der Waals surface area contributed by atoms with E-state index >= 15 is 0 Å². The maximum absolute atomic E-state index is 6.35. The van der Waals surface area contributed by atoms with Gasteiger partial charge in [-0.05, 0) is 20.8 Å². The van der Waals surface area contributed by atoms with Gasteiger partial charge in [-0.2, -0.15) is 0 Å². The Hall–Kier alpha value is -0.360. The van der Waals surface area contributed by atoms with Gasteiger partial charge in [-0.3, -0.25) is 0 Å². The number of hydrogen-bond acceptors (Lipinski definition) is 9. The average Bonchev–Trinajstić information content (AvgIpc) is 2.67. The zero-order chi connectivity index (χ0) is 20.5. The lowest BCUT2D eigenvalue weighted by Gasteiger charge is -2.51. The van der Waals surface area contributed by atoms with Crippen LogP contribution in [0.5, 0.6) is 0 Å². The lowest BCUT2D eigenvalue weighted by Crippen LogP contribution is -2.67. The molecule has 0 bridgehead atoms. The van der Waals surface area contributed by atoms with Crippen LogP contribution in [0.4, 0.5) is 0 Å². The molecule has 0 amide bonds. The van der Waals surface area contributed by atoms with E-state index in [0.29, 0.717) is 13.2 Å². The third-order valence-corrected chi connectivity index (χ3v) is 5.69. The van der Waals surface area contributed by atoms with Crippen LogP contribution < -0.4 is 0 Å². The van der Waals surface area contributed by atoms with E-state index in [1.165, 1.54) is 0 Å². The van der Waals surface area contributed by atoms with E-state index in [1.807, 2.05) is 20.8 Å². The summed E-state index contributed by atoms with van der Waals surface area (Å²) < 4.78 is 52.8. The van der Waals surface area contributed by atoms with Crippen LogP contribution in [0.3, 0.4) is 0 Å². The van der Waals surface area contributed by atoms with Crippen molar-refractivity contribution in [3.8, 4) is 0 Å². The van der Waals surface area contributed by atoms with Gasteiger partial charge in [0, 0.05) is 28.4 Å². The average molecular weight is 406 g/mol. The first-order chi connectivity index (χ1) is 13.3. The predicted molar refractivity (Wildman–Crippen MR) is 97.0 cm³/mol. The molecule has 9 atom stereocenters. The first-order valence-electron chi connectivity index (χ1n) is 9.70. The van der Waals surface area contributed by atoms with Gasteiger partial charge >= 0.3 is 0 Å². The maximum Gasteiger partial charge on any atom is 0.187 e. The van der Waals surface area contributed by atoms with E-state index in [0.717, 1.165) is 0 Å². The van der Waals surface area contributed by atoms with Crippen LogP contribution in [0.2, 0.25) is 0 Å². The standard InChI is InChI=1S/C19H34O9/c1-10-13(14(21-5)11(20-4)8-24-10)27-18-17(23-7)16(22-6)15-12(26-18)9-25-19(2,3)28-15/h10-18H,8-9H2,1-7H3. The molecule has 3 heterocycles. The van der Waals surface area contributed by atoms with Gasteiger partial charge in [0.1, 0.15) is 42.7 Å². The van der Waals surface area contributed by atoms with Gasteiger partial charge in [-0.1, -0.05) is 0 Å². The summed E-state index contributed by atoms with van der Waals surface area (Å²) in [5, 5.41) is 0. The first kappa shape index (κ1) is 22.3. The van der Waals surface area contributed by atoms with Gasteiger partial charge in [0.15, 0.2) is 12.1 Å². The van der Waals surface area contributed by atoms with Crippen molar-refractivity contribution < 1.29 is 42.6 Å². The minimum absolute atomic E-state index is 0.200. The summed E-state index contributed by atoms with van der Waals surface area (Å²) in [4.78, 5) is 0. The Morgan fingerprint density at radius 2 is 1.50 bits per heavy atom. The molecule has 0 aromatic rings. The summed E-state index contributed by atoms with van der Waals surface area (Å²) in [6, 6.07) is 0. The molecule has 164 valence electrons. The second-order valence-corrected chi connectivity index (χ2v) is 7.85. The minimum Gasteiger partial charge on any atom is -0.376 e. The third-order valence-electron chi connectivity index (χ3n) is 5.69. The number of ether oxygens (including phenoxy) is 9. The van der Waals surface area contributed by atoms with Gasteiger partial charge < -0.3 is 42.6 Å². The van der Waals surface area contributed by atoms with Crippen molar-refractivity contribution in [1.29, 1.82) is 0 Å². The van der Waals surface area contributed by atoms with Gasteiger partial charge in [0.2, 0.25) is 0 Å². The SMILES string of the molecule is COC1COC(C)C(OC2OC3COC(C)(C)OC3C(OC)C2OC)C1OC. The van der Waals surface area contributed by atoms with E-state index in [4.69, 9.17) is 42.6 Å². The molecule has 3 aliphatic rings. The summed E-state index contributed by atoms with van der Waals surface area (Å²) in [6.07, 6.45) is -3.37. The van der Waals surface area contributed by atoms with Crippen LogP contribution >= 0.6 is 0 Å². The zero-order valence-corrected chi connectivity index (χ0v) is 17.8. The van der Waals surface area contributed by atoms with E-state index < -0.39 is 24.3 Å². The normalized spacial score (nSPS) is 46.2. The summed E-state index contributed by atoms with van der Waals surface area (Å²) in [6.45, 7) is 6.50. The van der Waals surface area contributed by atoms with Crippen molar-refractivity contribution in [1.82, 2.24) is 0 Å². The first-order valence-corrected chi connectivity index (χ1v) is 9.70. The fourth-order valence-corrected chi connectivity index (χ4v) is 4.17. The molecule has 9 unspecified atom stereocenters. The number of fused-ring (bicyclic) bond motifs is 1. The molecule has 0 aliphatic carbocycles. The second-order valence-electron chi connectivity index (χ2n) is 7.85. The molecular formula is C19H34O9. The van der Waals surface area contributed by atoms with Crippen LogP contribution in [-0.2, 0) is 42.6 Å². The van der Waals surface area contributed by atoms with Crippen molar-refractivity contribution >= 4 is 0 Å². The van der Waals surface area contributed by atoms with Crippen LogP contribution in [0.25, 0.3) is 0 Å². The summed E-state index contributed by atoms with van der Waals surface area (Å²) in [5.41, 5.74) is 0. The van der Waals surface area contributed by atoms with Crippen LogP contribution in [-0.4, -0.2) is 103 Å². The second kappa shape index (κ2) is 9.20. The molecule has 9 heteroatoms. The quantitative estimate of drug-likeness (QED) is 0.634. The Bertz CT molecular complexity index is 502. The van der Waals surface area contributed by atoms with Crippen LogP contribution in [0.15, 0.2) is 0 Å². The van der Waals surface area contributed by atoms with Gasteiger partial charge in [0.25, 0.3) is 0 Å². The van der Waals surface area contributed by atoms with E-state index in [-0.39, 0.29) is 36.6 Å². The zero-order valence-electron chi connectivity index (χ0n) is 17.8. The number of hydrogen-bond donors (Lipinski definition) is 0. The van der Waals surface area contributed by atoms with Gasteiger partial charge in [-0.15, -0.1) is 0 Å². The van der Waals surface area contributed by atoms with Crippen LogP contribution in [0, 0.1) is 0 Å². The Labute approximate surface area is 166 Å². The van der Waals surface area contributed by atoms with E-state index in [2.05, 4.69) is 0 Å². The highest BCUT2D eigenvalue weighted by Crippen LogP contribution is 2.36. The lowest BCUT2D eigenvalue weighted by atomic mass is 9.96. The van der Waals surface area contributed by atoms with Crippen LogP contribution in [0.1, 0.15) is 20.8 Å². The molecule has 3 saturated heterocycles. The molecule has 0 spiro atoms. The third kappa shape index (κ3) is 4.38. The molecular weight excluding hydrogens is 372 g/mol. The molecule has 0 radical (unpaired) electrons. The molecule has 3 aliphatic heterocycles. The highest BCUT2D eigenvalue weighted by Gasteiger charge is 2.54. The molecule has 0 N–H and O–H groups in total. The topological polar surface area (TPSA) is 83.1 Å². The molecule has 0 saturated carbocycles. The monoisotopic (exact) mass is 406 g/mol. The largest absolute Gasteiger partial charge is 0.376 e. The molecule has 28 heavy (non-hydrogen) atoms. The van der Waals surface area contributed by atoms with Crippen molar-refractivity contribution in [3.63, 3.8) is 0 Å². The molecule has 3 fully saturated rings. The number of rotatable bonds is 6. The highest BCUT2D eigenvalue weighted by atomic mass is 16.8. The Kier molecular flexibility index (Phi) is 7.33. The van der Waals surface area contributed by atoms with Crippen molar-refractivity contribution in [2.75, 3.05) is 41.7 Å². The highest BCUT2D eigenvalue weighted by molar-refractivity contribution is 4.97. The van der Waals surface area contributed by atoms with E-state index in [1.54, 1.807) is 28.4 Å². The van der Waals surface area contributed by atoms with Gasteiger partial charge in [0.05, 0.1) is 19.3 Å². The Morgan fingerprint density at radius 1 is 0.821 bits per heavy atom. The van der Waals surface area contributed by atoms with Crippen molar-refractivity contribution in [2.45, 2.75) is 81.7 Å². The van der Waals surface area contributed by atoms with Crippen molar-refractivity contribution in [2.24, 2.45) is 0 Å². The summed E-state index contributed by atoms with van der Waals surface area (Å²) >= 11 is 0. The maximum atomic E-state index is 6.35. The molecule has 0 aromatic heterocycles. The summed E-state index contributed by atoms with van der Waals surface area (Å²) in [5.74, 6) is -0.716. The molecule has 0 aromatic carbocycles. The Morgan fingerprint density at radius 3 is 2.11 bits per heavy atom. The minimum atomic E-state index is -0.716. The van der Waals surface area contributed by atoms with E-state index in [9.17, 15) is 0 Å². The fourth-order valence-electron chi connectivity index (χ4n) is 4.17. The van der Waals surface area contributed by atoms with Crippen molar-refractivity contribution in [3.05, 3.63) is 0 Å². The van der Waals surface area contributed by atoms with Gasteiger partial charge in [-0.25, -0.2) is 0 Å². The lowest BCUT2D eigenvalue weighted by molar-refractivity contribution is -0.396. The number of methoxy groups -OCH3 is 4. The summed E-state index contributed by atoms with van der Waals surface area (Å²) in [7, 11) is 6.51. The Balaban J connectivity index is 1.79. The smallest absolute Gasteiger partial charge is 0.187 e.